The summed E-state index contributed by atoms with van der Waals surface area (Å²) < 4.78 is 18.3. The molecular weight excluding hydrogens is 520 g/mol. The van der Waals surface area contributed by atoms with Crippen molar-refractivity contribution in [1.29, 1.82) is 0 Å². The van der Waals surface area contributed by atoms with Crippen molar-refractivity contribution in [1.82, 2.24) is 0 Å². The smallest absolute Gasteiger partial charge is 0.307 e. The predicted molar refractivity (Wildman–Crippen MR) is 157 cm³/mol. The van der Waals surface area contributed by atoms with Gasteiger partial charge in [0.05, 0.1) is 19.1 Å². The fraction of sp³-hybridized carbons (Fsp3) is 0.735. The van der Waals surface area contributed by atoms with Gasteiger partial charge >= 0.3 is 17.9 Å². The van der Waals surface area contributed by atoms with Crippen LogP contribution in [0.3, 0.4) is 0 Å². The predicted octanol–water partition coefficient (Wildman–Crippen LogP) is 6.67. The Morgan fingerprint density at radius 2 is 1.80 bits per heavy atom. The zero-order valence-corrected chi connectivity index (χ0v) is 26.2. The maximum atomic E-state index is 12.5. The van der Waals surface area contributed by atoms with Crippen molar-refractivity contribution in [2.24, 2.45) is 39.9 Å². The minimum atomic E-state index is -1.00. The van der Waals surface area contributed by atoms with Crippen LogP contribution < -0.4 is 0 Å². The molecule has 2 saturated carbocycles. The van der Waals surface area contributed by atoms with Gasteiger partial charge in [0.1, 0.15) is 12.2 Å². The number of carbonyl (C=O) groups excluding carboxylic acids is 2. The number of carboxylic acids is 1. The Balaban J connectivity index is 1.80. The van der Waals surface area contributed by atoms with E-state index in [4.69, 9.17) is 14.2 Å². The summed E-state index contributed by atoms with van der Waals surface area (Å²) in [6, 6.07) is 0. The van der Waals surface area contributed by atoms with Crippen molar-refractivity contribution in [3.05, 3.63) is 35.5 Å². The fourth-order valence-corrected chi connectivity index (χ4v) is 9.80. The summed E-state index contributed by atoms with van der Waals surface area (Å²) in [5.41, 5.74) is 2.09. The number of allylic oxidation sites excluding steroid dienone is 3. The third-order valence-corrected chi connectivity index (χ3v) is 11.3. The topological polar surface area (TPSA) is 99.1 Å². The maximum Gasteiger partial charge on any atom is 0.307 e. The molecule has 0 aromatic heterocycles. The molecule has 0 spiro atoms. The van der Waals surface area contributed by atoms with E-state index in [-0.39, 0.29) is 35.7 Å². The molecule has 0 amide bonds. The van der Waals surface area contributed by atoms with Crippen LogP contribution in [-0.4, -0.2) is 47.9 Å². The molecule has 1 aliphatic heterocycles. The first kappa shape index (κ1) is 31.5. The number of hydrogen-bond acceptors (Lipinski definition) is 6. The van der Waals surface area contributed by atoms with Gasteiger partial charge in [-0.3, -0.25) is 14.4 Å². The van der Waals surface area contributed by atoms with Gasteiger partial charge in [-0.05, 0) is 82.0 Å². The van der Waals surface area contributed by atoms with Crippen molar-refractivity contribution in [2.45, 2.75) is 112 Å². The SMILES string of the molecule is C=C(C)[C@@H]1C[C@@H](OC(C)=O)[C@@]2(C)C3=CC[C@@H]([C@H]4CO[C@H](C=C(C)C)C4)[C@]3(C)CC[C@@H]2[C@@]1(C)[C@H](CC(=O)O)OC(C)=O. The second-order valence-corrected chi connectivity index (χ2v) is 14.2. The lowest BCUT2D eigenvalue weighted by atomic mass is 9.40. The Morgan fingerprint density at radius 1 is 1.12 bits per heavy atom. The number of rotatable bonds is 8. The van der Waals surface area contributed by atoms with E-state index in [0.29, 0.717) is 18.3 Å². The lowest BCUT2D eigenvalue weighted by Crippen LogP contribution is -2.65. The number of carbonyl (C=O) groups is 3. The van der Waals surface area contributed by atoms with Gasteiger partial charge in [-0.15, -0.1) is 0 Å². The van der Waals surface area contributed by atoms with Gasteiger partial charge in [0, 0.05) is 24.7 Å². The van der Waals surface area contributed by atoms with Crippen LogP contribution in [0.4, 0.5) is 0 Å². The molecule has 228 valence electrons. The molecule has 10 atom stereocenters. The van der Waals surface area contributed by atoms with Gasteiger partial charge in [0.25, 0.3) is 0 Å². The highest BCUT2D eigenvalue weighted by Gasteiger charge is 2.69. The summed E-state index contributed by atoms with van der Waals surface area (Å²) in [7, 11) is 0. The number of hydrogen-bond donors (Lipinski definition) is 1. The van der Waals surface area contributed by atoms with Gasteiger partial charge in [-0.2, -0.15) is 0 Å². The highest BCUT2D eigenvalue weighted by Crippen LogP contribution is 2.71. The fourth-order valence-electron chi connectivity index (χ4n) is 9.80. The van der Waals surface area contributed by atoms with E-state index in [0.717, 1.165) is 37.9 Å². The van der Waals surface area contributed by atoms with Gasteiger partial charge < -0.3 is 19.3 Å². The second-order valence-electron chi connectivity index (χ2n) is 14.2. The molecule has 1 saturated heterocycles. The standard InChI is InChI=1S/C34H50O7/c1-19(2)14-24-15-23(18-39-24)25-10-11-27-32(25,7)13-12-28-33(8,30(17-31(37)38)41-22(6)36)26(20(3)4)16-29(34(27,28)9)40-21(5)35/h11,14,23-26,28-30H,3,10,12-13,15-18H2,1-2,4-9H3,(H,37,38)/t23-,24-,25+,26+,28-,29-,30+,32+,33+,34+/m1/s1. The highest BCUT2D eigenvalue weighted by molar-refractivity contribution is 5.70. The molecule has 1 heterocycles. The zero-order valence-electron chi connectivity index (χ0n) is 26.2. The largest absolute Gasteiger partial charge is 0.481 e. The van der Waals surface area contributed by atoms with Gasteiger partial charge in [0.15, 0.2) is 0 Å². The first-order valence-electron chi connectivity index (χ1n) is 15.2. The third-order valence-electron chi connectivity index (χ3n) is 11.3. The van der Waals surface area contributed by atoms with Gasteiger partial charge in [0.2, 0.25) is 0 Å². The van der Waals surface area contributed by atoms with Crippen LogP contribution in [0.15, 0.2) is 35.5 Å². The van der Waals surface area contributed by atoms with E-state index in [1.165, 1.54) is 25.0 Å². The van der Waals surface area contributed by atoms with Crippen LogP contribution in [0.5, 0.6) is 0 Å². The summed E-state index contributed by atoms with van der Waals surface area (Å²) in [6.45, 7) is 20.7. The lowest BCUT2D eigenvalue weighted by molar-refractivity contribution is -0.207. The second kappa shape index (κ2) is 11.3. The number of esters is 2. The Bertz CT molecular complexity index is 1130. The molecule has 7 nitrogen and oxygen atoms in total. The molecule has 0 unspecified atom stereocenters. The first-order chi connectivity index (χ1) is 19.0. The molecule has 0 aromatic rings. The Kier molecular flexibility index (Phi) is 8.73. The molecule has 41 heavy (non-hydrogen) atoms. The van der Waals surface area contributed by atoms with Crippen LogP contribution in [0.1, 0.15) is 93.9 Å². The molecule has 0 aromatic carbocycles. The molecule has 1 N–H and O–H groups in total. The number of fused-ring (bicyclic) bond motifs is 3. The van der Waals surface area contributed by atoms with Crippen LogP contribution in [-0.2, 0) is 28.6 Å². The summed E-state index contributed by atoms with van der Waals surface area (Å²) in [5.74, 6) is -1.25. The van der Waals surface area contributed by atoms with Crippen molar-refractivity contribution < 1.29 is 33.7 Å². The van der Waals surface area contributed by atoms with Crippen molar-refractivity contribution in [3.63, 3.8) is 0 Å². The summed E-state index contributed by atoms with van der Waals surface area (Å²) in [4.78, 5) is 37.0. The van der Waals surface area contributed by atoms with Crippen molar-refractivity contribution >= 4 is 17.9 Å². The Labute approximate surface area is 245 Å². The van der Waals surface area contributed by atoms with Crippen molar-refractivity contribution in [2.75, 3.05) is 6.61 Å². The lowest BCUT2D eigenvalue weighted by Gasteiger charge is -2.65. The summed E-state index contributed by atoms with van der Waals surface area (Å²) >= 11 is 0. The summed E-state index contributed by atoms with van der Waals surface area (Å²) in [5, 5.41) is 9.91. The zero-order chi connectivity index (χ0) is 30.5. The van der Waals surface area contributed by atoms with Gasteiger partial charge in [-0.25, -0.2) is 0 Å². The van der Waals surface area contributed by atoms with E-state index in [2.05, 4.69) is 53.3 Å². The first-order valence-corrected chi connectivity index (χ1v) is 15.2. The van der Waals surface area contributed by atoms with E-state index < -0.39 is 35.0 Å². The maximum absolute atomic E-state index is 12.5. The average Bonchev–Trinajstić information content (AvgIpc) is 3.43. The number of aliphatic carboxylic acids is 1. The quantitative estimate of drug-likeness (QED) is 0.257. The monoisotopic (exact) mass is 570 g/mol. The molecule has 7 heteroatoms. The van der Waals surface area contributed by atoms with Crippen LogP contribution in [0.2, 0.25) is 0 Å². The average molecular weight is 571 g/mol. The van der Waals surface area contributed by atoms with E-state index in [9.17, 15) is 19.5 Å². The van der Waals surface area contributed by atoms with Crippen LogP contribution >= 0.6 is 0 Å². The summed E-state index contributed by atoms with van der Waals surface area (Å²) in [6.07, 6.45) is 7.43. The molecule has 0 bridgehead atoms. The highest BCUT2D eigenvalue weighted by atomic mass is 16.6. The minimum Gasteiger partial charge on any atom is -0.481 e. The molecule has 0 radical (unpaired) electrons. The Hall–Kier alpha value is -2.41. The molecule has 4 aliphatic rings. The van der Waals surface area contributed by atoms with E-state index in [1.54, 1.807) is 0 Å². The number of ether oxygens (including phenoxy) is 3. The van der Waals surface area contributed by atoms with E-state index in [1.807, 2.05) is 6.92 Å². The molecular formula is C34H50O7. The van der Waals surface area contributed by atoms with Crippen LogP contribution in [0.25, 0.3) is 0 Å². The molecule has 3 fully saturated rings. The van der Waals surface area contributed by atoms with Gasteiger partial charge in [-0.1, -0.05) is 56.2 Å². The normalized spacial score (nSPS) is 40.4. The molecule has 3 aliphatic carbocycles. The van der Waals surface area contributed by atoms with Crippen molar-refractivity contribution in [3.8, 4) is 0 Å². The Morgan fingerprint density at radius 3 is 2.37 bits per heavy atom. The molecule has 4 rings (SSSR count). The minimum absolute atomic E-state index is 0.0881. The van der Waals surface area contributed by atoms with E-state index >= 15 is 0 Å². The van der Waals surface area contributed by atoms with Crippen LogP contribution in [0, 0.1) is 39.9 Å². The number of carboxylic acid groups (broad SMARTS) is 1. The third kappa shape index (κ3) is 5.44.